The minimum Gasteiger partial charge on any atom is -0.462 e. The van der Waals surface area contributed by atoms with Crippen molar-refractivity contribution >= 4 is 11.7 Å². The van der Waals surface area contributed by atoms with E-state index in [0.29, 0.717) is 24.9 Å². The third-order valence-electron chi connectivity index (χ3n) is 4.08. The van der Waals surface area contributed by atoms with Crippen molar-refractivity contribution in [3.63, 3.8) is 0 Å². The van der Waals surface area contributed by atoms with Crippen LogP contribution in [0.15, 0.2) is 42.5 Å². The van der Waals surface area contributed by atoms with E-state index < -0.39 is 0 Å². The highest BCUT2D eigenvalue weighted by Crippen LogP contribution is 2.33. The summed E-state index contributed by atoms with van der Waals surface area (Å²) in [5.74, 6) is 1.70. The van der Waals surface area contributed by atoms with Crippen molar-refractivity contribution in [1.82, 2.24) is 0 Å². The van der Waals surface area contributed by atoms with Gasteiger partial charge in [0.1, 0.15) is 0 Å². The van der Waals surface area contributed by atoms with Gasteiger partial charge in [-0.25, -0.2) is 4.79 Å². The van der Waals surface area contributed by atoms with Crippen LogP contribution >= 0.6 is 0 Å². The summed E-state index contributed by atoms with van der Waals surface area (Å²) in [4.78, 5) is 12.0. The summed E-state index contributed by atoms with van der Waals surface area (Å²) in [6, 6.07) is 13.5. The van der Waals surface area contributed by atoms with E-state index in [0.717, 1.165) is 30.2 Å². The van der Waals surface area contributed by atoms with Crippen molar-refractivity contribution < 1.29 is 19.0 Å². The SMILES string of the molecule is CCOC(=O)c1ccccc1NCC(C)Cc1ccc2c(c1)OCO2. The number of fused-ring (bicyclic) bond motifs is 1. The summed E-state index contributed by atoms with van der Waals surface area (Å²) in [6.07, 6.45) is 0.908. The van der Waals surface area contributed by atoms with E-state index in [-0.39, 0.29) is 5.97 Å². The Hall–Kier alpha value is -2.69. The smallest absolute Gasteiger partial charge is 0.340 e. The quantitative estimate of drug-likeness (QED) is 0.775. The fraction of sp³-hybridized carbons (Fsp3) is 0.350. The van der Waals surface area contributed by atoms with Crippen molar-refractivity contribution in [2.75, 3.05) is 25.3 Å². The van der Waals surface area contributed by atoms with Crippen LogP contribution in [0, 0.1) is 5.92 Å². The Kier molecular flexibility index (Phi) is 5.43. The highest BCUT2D eigenvalue weighted by atomic mass is 16.7. The van der Waals surface area contributed by atoms with Gasteiger partial charge >= 0.3 is 5.97 Å². The Morgan fingerprint density at radius 1 is 1.20 bits per heavy atom. The first-order valence-corrected chi connectivity index (χ1v) is 8.56. The standard InChI is InChI=1S/C20H23NO4/c1-3-23-20(22)16-6-4-5-7-17(16)21-12-14(2)10-15-8-9-18-19(11-15)25-13-24-18/h4-9,11,14,21H,3,10,12-13H2,1-2H3. The van der Waals surface area contributed by atoms with E-state index in [1.165, 1.54) is 5.56 Å². The molecular formula is C20H23NO4. The van der Waals surface area contributed by atoms with Gasteiger partial charge in [0.15, 0.2) is 11.5 Å². The van der Waals surface area contributed by atoms with Gasteiger partial charge in [-0.15, -0.1) is 0 Å². The van der Waals surface area contributed by atoms with Crippen LogP contribution in [0.25, 0.3) is 0 Å². The summed E-state index contributed by atoms with van der Waals surface area (Å²) in [7, 11) is 0. The molecule has 1 atom stereocenters. The molecule has 3 rings (SSSR count). The molecule has 1 N–H and O–H groups in total. The Labute approximate surface area is 147 Å². The van der Waals surface area contributed by atoms with Crippen LogP contribution in [-0.4, -0.2) is 25.9 Å². The Balaban J connectivity index is 1.59. The number of anilines is 1. The Bertz CT molecular complexity index is 744. The molecule has 5 heteroatoms. The van der Waals surface area contributed by atoms with Gasteiger partial charge < -0.3 is 19.5 Å². The molecule has 132 valence electrons. The van der Waals surface area contributed by atoms with Gasteiger partial charge in [0.05, 0.1) is 12.2 Å². The number of ether oxygens (including phenoxy) is 3. The largest absolute Gasteiger partial charge is 0.462 e. The first-order chi connectivity index (χ1) is 12.2. The molecule has 25 heavy (non-hydrogen) atoms. The predicted octanol–water partition coefficient (Wildman–Crippen LogP) is 3.88. The molecule has 1 heterocycles. The molecule has 0 fully saturated rings. The third kappa shape index (κ3) is 4.24. The van der Waals surface area contributed by atoms with Gasteiger partial charge in [-0.3, -0.25) is 0 Å². The predicted molar refractivity (Wildman–Crippen MR) is 96.3 cm³/mol. The fourth-order valence-corrected chi connectivity index (χ4v) is 2.85. The number of hydrogen-bond acceptors (Lipinski definition) is 5. The molecule has 0 amide bonds. The van der Waals surface area contributed by atoms with Crippen molar-refractivity contribution in [2.24, 2.45) is 5.92 Å². The van der Waals surface area contributed by atoms with Crippen LogP contribution in [0.1, 0.15) is 29.8 Å². The monoisotopic (exact) mass is 341 g/mol. The van der Waals surface area contributed by atoms with Gasteiger partial charge in [0.2, 0.25) is 6.79 Å². The van der Waals surface area contributed by atoms with Gasteiger partial charge in [0.25, 0.3) is 0 Å². The zero-order chi connectivity index (χ0) is 17.6. The lowest BCUT2D eigenvalue weighted by atomic mass is 10.0. The summed E-state index contributed by atoms with van der Waals surface area (Å²) in [5.41, 5.74) is 2.58. The number of nitrogens with one attached hydrogen (secondary N) is 1. The summed E-state index contributed by atoms with van der Waals surface area (Å²) < 4.78 is 15.9. The average Bonchev–Trinajstić information content (AvgIpc) is 3.08. The highest BCUT2D eigenvalue weighted by Gasteiger charge is 2.15. The lowest BCUT2D eigenvalue weighted by molar-refractivity contribution is 0.0527. The Morgan fingerprint density at radius 3 is 2.84 bits per heavy atom. The van der Waals surface area contributed by atoms with E-state index >= 15 is 0 Å². The van der Waals surface area contributed by atoms with Crippen LogP contribution in [-0.2, 0) is 11.2 Å². The first kappa shape index (κ1) is 17.1. The Morgan fingerprint density at radius 2 is 2.00 bits per heavy atom. The second-order valence-corrected chi connectivity index (χ2v) is 6.14. The van der Waals surface area contributed by atoms with E-state index in [1.54, 1.807) is 13.0 Å². The van der Waals surface area contributed by atoms with Gasteiger partial charge in [-0.05, 0) is 49.1 Å². The molecule has 0 saturated heterocycles. The topological polar surface area (TPSA) is 56.8 Å². The van der Waals surface area contributed by atoms with E-state index in [2.05, 4.69) is 18.3 Å². The molecule has 0 bridgehead atoms. The minimum atomic E-state index is -0.297. The molecule has 0 radical (unpaired) electrons. The molecule has 0 aromatic heterocycles. The number of carbonyl (C=O) groups excluding carboxylic acids is 1. The molecule has 5 nitrogen and oxygen atoms in total. The van der Waals surface area contributed by atoms with Crippen LogP contribution in [0.3, 0.4) is 0 Å². The van der Waals surface area contributed by atoms with Crippen LogP contribution in [0.4, 0.5) is 5.69 Å². The maximum absolute atomic E-state index is 12.0. The first-order valence-electron chi connectivity index (χ1n) is 8.56. The van der Waals surface area contributed by atoms with E-state index in [1.807, 2.05) is 30.3 Å². The number of para-hydroxylation sites is 1. The maximum Gasteiger partial charge on any atom is 0.340 e. The molecule has 0 saturated carbocycles. The zero-order valence-corrected chi connectivity index (χ0v) is 14.6. The highest BCUT2D eigenvalue weighted by molar-refractivity contribution is 5.95. The third-order valence-corrected chi connectivity index (χ3v) is 4.08. The summed E-state index contributed by atoms with van der Waals surface area (Å²) in [6.45, 7) is 5.39. The molecule has 0 spiro atoms. The van der Waals surface area contributed by atoms with Gasteiger partial charge in [-0.2, -0.15) is 0 Å². The summed E-state index contributed by atoms with van der Waals surface area (Å²) in [5, 5.41) is 3.37. The van der Waals surface area contributed by atoms with Crippen LogP contribution in [0.2, 0.25) is 0 Å². The number of hydrogen-bond donors (Lipinski definition) is 1. The van der Waals surface area contributed by atoms with Gasteiger partial charge in [0, 0.05) is 12.2 Å². The van der Waals surface area contributed by atoms with Gasteiger partial charge in [-0.1, -0.05) is 25.1 Å². The molecule has 0 aliphatic carbocycles. The van der Waals surface area contributed by atoms with Crippen LogP contribution < -0.4 is 14.8 Å². The molecule has 1 aliphatic heterocycles. The van der Waals surface area contributed by atoms with Crippen LogP contribution in [0.5, 0.6) is 11.5 Å². The van der Waals surface area contributed by atoms with E-state index in [9.17, 15) is 4.79 Å². The average molecular weight is 341 g/mol. The number of carbonyl (C=O) groups is 1. The molecule has 2 aromatic rings. The molecule has 2 aromatic carbocycles. The number of esters is 1. The molecule has 1 aliphatic rings. The lowest BCUT2D eigenvalue weighted by Gasteiger charge is -2.16. The fourth-order valence-electron chi connectivity index (χ4n) is 2.85. The number of rotatable bonds is 7. The lowest BCUT2D eigenvalue weighted by Crippen LogP contribution is -2.16. The maximum atomic E-state index is 12.0. The zero-order valence-electron chi connectivity index (χ0n) is 14.6. The second kappa shape index (κ2) is 7.92. The second-order valence-electron chi connectivity index (χ2n) is 6.14. The normalized spacial score (nSPS) is 13.4. The van der Waals surface area contributed by atoms with Crippen molar-refractivity contribution in [2.45, 2.75) is 20.3 Å². The van der Waals surface area contributed by atoms with Crippen molar-refractivity contribution in [1.29, 1.82) is 0 Å². The number of benzene rings is 2. The van der Waals surface area contributed by atoms with Crippen molar-refractivity contribution in [3.05, 3.63) is 53.6 Å². The summed E-state index contributed by atoms with van der Waals surface area (Å²) >= 11 is 0. The van der Waals surface area contributed by atoms with E-state index in [4.69, 9.17) is 14.2 Å². The molecule has 1 unspecified atom stereocenters. The van der Waals surface area contributed by atoms with Crippen molar-refractivity contribution in [3.8, 4) is 11.5 Å². The minimum absolute atomic E-state index is 0.292. The molecular weight excluding hydrogens is 318 g/mol.